The summed E-state index contributed by atoms with van der Waals surface area (Å²) in [6, 6.07) is 23.1. The SMILES string of the molecule is COc1ccc(C(=O)NC(=O)COC(=O)c2c(C)c(-c3ccccc3)nc3ccccc23)cc1. The predicted octanol–water partition coefficient (Wildman–Crippen LogP) is 4.33. The Labute approximate surface area is 196 Å². The van der Waals surface area contributed by atoms with Gasteiger partial charge in [-0.3, -0.25) is 14.9 Å². The second-order valence-electron chi connectivity index (χ2n) is 7.53. The molecule has 1 aromatic heterocycles. The fraction of sp³-hybridized carbons (Fsp3) is 0.111. The Morgan fingerprint density at radius 1 is 0.882 bits per heavy atom. The Bertz CT molecular complexity index is 1370. The predicted molar refractivity (Wildman–Crippen MR) is 128 cm³/mol. The summed E-state index contributed by atoms with van der Waals surface area (Å²) >= 11 is 0. The van der Waals surface area contributed by atoms with Gasteiger partial charge in [0.1, 0.15) is 5.75 Å². The van der Waals surface area contributed by atoms with Crippen molar-refractivity contribution >= 4 is 28.7 Å². The number of nitrogens with zero attached hydrogens (tertiary/aromatic N) is 1. The molecule has 0 saturated heterocycles. The summed E-state index contributed by atoms with van der Waals surface area (Å²) in [4.78, 5) is 42.3. The number of para-hydroxylation sites is 1. The molecule has 2 amide bonds. The van der Waals surface area contributed by atoms with Gasteiger partial charge in [-0.15, -0.1) is 0 Å². The van der Waals surface area contributed by atoms with E-state index >= 15 is 0 Å². The van der Waals surface area contributed by atoms with Gasteiger partial charge in [0, 0.05) is 16.5 Å². The molecule has 0 unspecified atom stereocenters. The average molecular weight is 454 g/mol. The number of fused-ring (bicyclic) bond motifs is 1. The maximum Gasteiger partial charge on any atom is 0.339 e. The molecule has 0 spiro atoms. The maximum atomic E-state index is 13.1. The number of hydrogen-bond acceptors (Lipinski definition) is 6. The summed E-state index contributed by atoms with van der Waals surface area (Å²) in [5.41, 5.74) is 3.42. The van der Waals surface area contributed by atoms with Gasteiger partial charge in [-0.25, -0.2) is 9.78 Å². The van der Waals surface area contributed by atoms with E-state index in [2.05, 4.69) is 5.32 Å². The second kappa shape index (κ2) is 9.95. The summed E-state index contributed by atoms with van der Waals surface area (Å²) in [6.45, 7) is 1.20. The van der Waals surface area contributed by atoms with E-state index < -0.39 is 24.4 Å². The molecule has 7 nitrogen and oxygen atoms in total. The molecule has 0 aliphatic rings. The van der Waals surface area contributed by atoms with Crippen LogP contribution in [0.4, 0.5) is 0 Å². The van der Waals surface area contributed by atoms with E-state index in [1.165, 1.54) is 19.2 Å². The zero-order valence-corrected chi connectivity index (χ0v) is 18.7. The van der Waals surface area contributed by atoms with Crippen molar-refractivity contribution in [2.75, 3.05) is 13.7 Å². The highest BCUT2D eigenvalue weighted by molar-refractivity contribution is 6.08. The van der Waals surface area contributed by atoms with Crippen LogP contribution in [0.1, 0.15) is 26.3 Å². The maximum absolute atomic E-state index is 13.1. The van der Waals surface area contributed by atoms with Crippen LogP contribution in [0.15, 0.2) is 78.9 Å². The molecule has 4 aromatic rings. The van der Waals surface area contributed by atoms with Gasteiger partial charge in [0.2, 0.25) is 0 Å². The van der Waals surface area contributed by atoms with Gasteiger partial charge in [-0.1, -0.05) is 48.5 Å². The first-order valence-corrected chi connectivity index (χ1v) is 10.6. The Morgan fingerprint density at radius 2 is 1.56 bits per heavy atom. The lowest BCUT2D eigenvalue weighted by atomic mass is 9.98. The van der Waals surface area contributed by atoms with Crippen LogP contribution in [0, 0.1) is 6.92 Å². The minimum absolute atomic E-state index is 0.281. The summed E-state index contributed by atoms with van der Waals surface area (Å²) in [5.74, 6) is -1.40. The number of carbonyl (C=O) groups excluding carboxylic acids is 3. The number of imide groups is 1. The number of nitrogens with one attached hydrogen (secondary N) is 1. The number of amides is 2. The largest absolute Gasteiger partial charge is 0.497 e. The zero-order valence-electron chi connectivity index (χ0n) is 18.7. The number of hydrogen-bond donors (Lipinski definition) is 1. The molecule has 4 rings (SSSR count). The number of ether oxygens (including phenoxy) is 2. The van der Waals surface area contributed by atoms with Crippen LogP contribution < -0.4 is 10.1 Å². The van der Waals surface area contributed by atoms with Crippen LogP contribution in [0.5, 0.6) is 5.75 Å². The van der Waals surface area contributed by atoms with Crippen molar-refractivity contribution < 1.29 is 23.9 Å². The highest BCUT2D eigenvalue weighted by Crippen LogP contribution is 2.30. The lowest BCUT2D eigenvalue weighted by Crippen LogP contribution is -2.34. The number of benzene rings is 3. The van der Waals surface area contributed by atoms with E-state index in [-0.39, 0.29) is 5.56 Å². The van der Waals surface area contributed by atoms with Gasteiger partial charge in [0.05, 0.1) is 23.9 Å². The topological polar surface area (TPSA) is 94.6 Å². The van der Waals surface area contributed by atoms with Crippen molar-refractivity contribution in [2.24, 2.45) is 0 Å². The van der Waals surface area contributed by atoms with E-state index in [9.17, 15) is 14.4 Å². The van der Waals surface area contributed by atoms with Crippen LogP contribution in [0.25, 0.3) is 22.2 Å². The van der Waals surface area contributed by atoms with E-state index in [0.717, 1.165) is 5.56 Å². The molecule has 0 aliphatic carbocycles. The first kappa shape index (κ1) is 22.7. The molecule has 7 heteroatoms. The molecule has 0 atom stereocenters. The molecule has 1 N–H and O–H groups in total. The normalized spacial score (nSPS) is 10.5. The van der Waals surface area contributed by atoms with Crippen LogP contribution in [-0.2, 0) is 9.53 Å². The minimum Gasteiger partial charge on any atom is -0.497 e. The number of pyridine rings is 1. The molecular weight excluding hydrogens is 432 g/mol. The summed E-state index contributed by atoms with van der Waals surface area (Å²) < 4.78 is 10.3. The van der Waals surface area contributed by atoms with Gasteiger partial charge < -0.3 is 9.47 Å². The van der Waals surface area contributed by atoms with Crippen molar-refractivity contribution in [3.63, 3.8) is 0 Å². The average Bonchev–Trinajstić information content (AvgIpc) is 2.87. The van der Waals surface area contributed by atoms with Crippen molar-refractivity contribution in [1.82, 2.24) is 10.3 Å². The summed E-state index contributed by atoms with van der Waals surface area (Å²) in [6.07, 6.45) is 0. The second-order valence-corrected chi connectivity index (χ2v) is 7.53. The standard InChI is InChI=1S/C27H22N2O5/c1-17-24(21-10-6-7-11-22(21)28-25(17)18-8-4-3-5-9-18)27(32)34-16-23(30)29-26(31)19-12-14-20(33-2)15-13-19/h3-15H,16H2,1-2H3,(H,29,30,31). The van der Waals surface area contributed by atoms with Gasteiger partial charge in [0.25, 0.3) is 11.8 Å². The first-order valence-electron chi connectivity index (χ1n) is 10.6. The van der Waals surface area contributed by atoms with Crippen molar-refractivity contribution in [1.29, 1.82) is 0 Å². The van der Waals surface area contributed by atoms with Gasteiger partial charge in [-0.2, -0.15) is 0 Å². The van der Waals surface area contributed by atoms with Crippen molar-refractivity contribution in [3.05, 3.63) is 95.6 Å². The quantitative estimate of drug-likeness (QED) is 0.436. The van der Waals surface area contributed by atoms with Gasteiger partial charge in [0.15, 0.2) is 6.61 Å². The monoisotopic (exact) mass is 454 g/mol. The van der Waals surface area contributed by atoms with E-state index in [4.69, 9.17) is 14.5 Å². The van der Waals surface area contributed by atoms with Crippen molar-refractivity contribution in [3.8, 4) is 17.0 Å². The van der Waals surface area contributed by atoms with E-state index in [0.29, 0.717) is 33.5 Å². The third kappa shape index (κ3) is 4.78. The number of aromatic nitrogens is 1. The third-order valence-electron chi connectivity index (χ3n) is 5.33. The van der Waals surface area contributed by atoms with Crippen molar-refractivity contribution in [2.45, 2.75) is 6.92 Å². The fourth-order valence-electron chi connectivity index (χ4n) is 3.63. The lowest BCUT2D eigenvalue weighted by molar-refractivity contribution is -0.123. The highest BCUT2D eigenvalue weighted by atomic mass is 16.5. The van der Waals surface area contributed by atoms with Crippen LogP contribution >= 0.6 is 0 Å². The molecule has 0 fully saturated rings. The molecule has 0 radical (unpaired) electrons. The highest BCUT2D eigenvalue weighted by Gasteiger charge is 2.21. The number of methoxy groups -OCH3 is 1. The van der Waals surface area contributed by atoms with Gasteiger partial charge in [-0.05, 0) is 42.8 Å². The Hall–Kier alpha value is -4.52. The smallest absolute Gasteiger partial charge is 0.339 e. The Morgan fingerprint density at radius 3 is 2.26 bits per heavy atom. The lowest BCUT2D eigenvalue weighted by Gasteiger charge is -2.14. The molecule has 1 heterocycles. The molecule has 0 aliphatic heterocycles. The first-order chi connectivity index (χ1) is 16.5. The number of carbonyl (C=O) groups is 3. The molecule has 170 valence electrons. The molecular formula is C27H22N2O5. The molecule has 0 bridgehead atoms. The zero-order chi connectivity index (χ0) is 24.1. The van der Waals surface area contributed by atoms with E-state index in [1.54, 1.807) is 25.1 Å². The van der Waals surface area contributed by atoms with Crippen LogP contribution in [0.3, 0.4) is 0 Å². The molecule has 3 aromatic carbocycles. The molecule has 34 heavy (non-hydrogen) atoms. The Balaban J connectivity index is 1.53. The number of rotatable bonds is 6. The van der Waals surface area contributed by atoms with Gasteiger partial charge >= 0.3 is 5.97 Å². The molecule has 0 saturated carbocycles. The van der Waals surface area contributed by atoms with Crippen LogP contribution in [-0.4, -0.2) is 36.5 Å². The number of esters is 1. The fourth-order valence-corrected chi connectivity index (χ4v) is 3.63. The van der Waals surface area contributed by atoms with E-state index in [1.807, 2.05) is 48.5 Å². The Kier molecular flexibility index (Phi) is 6.64. The third-order valence-corrected chi connectivity index (χ3v) is 5.33. The van der Waals surface area contributed by atoms with Crippen LogP contribution in [0.2, 0.25) is 0 Å². The summed E-state index contributed by atoms with van der Waals surface area (Å²) in [7, 11) is 1.52. The minimum atomic E-state index is -0.728. The summed E-state index contributed by atoms with van der Waals surface area (Å²) in [5, 5.41) is 2.85.